The van der Waals surface area contributed by atoms with E-state index in [0.29, 0.717) is 13.1 Å². The van der Waals surface area contributed by atoms with Crippen LogP contribution in [0.15, 0.2) is 53.5 Å². The summed E-state index contributed by atoms with van der Waals surface area (Å²) < 4.78 is 20.2. The zero-order chi connectivity index (χ0) is 22.2. The molecule has 0 saturated heterocycles. The minimum absolute atomic E-state index is 0. The van der Waals surface area contributed by atoms with E-state index in [2.05, 4.69) is 63.1 Å². The average molecular weight is 750 g/mol. The van der Waals surface area contributed by atoms with Crippen molar-refractivity contribution < 1.29 is 18.2 Å². The number of amidine groups is 1. The quantitative estimate of drug-likeness (QED) is 0.119. The van der Waals surface area contributed by atoms with Gasteiger partial charge in [-0.05, 0) is 0 Å². The molecule has 0 fully saturated rings. The van der Waals surface area contributed by atoms with Crippen LogP contribution >= 0.6 is 0 Å². The average Bonchev–Trinajstić information content (AvgIpc) is 2.73. The topological polar surface area (TPSA) is 178 Å². The van der Waals surface area contributed by atoms with Crippen LogP contribution in [0.3, 0.4) is 0 Å². The van der Waals surface area contributed by atoms with E-state index < -0.39 is 16.2 Å². The summed E-state index contributed by atoms with van der Waals surface area (Å²) in [5.74, 6) is 0.155. The molecule has 0 saturated carbocycles. The third-order valence-electron chi connectivity index (χ3n) is 3.30. The number of nitrogens with two attached hydrogens (primary N) is 4. The molecule has 8 nitrogen and oxygen atoms in total. The molecular formula is C23H50F2N6O2SSn2. The summed E-state index contributed by atoms with van der Waals surface area (Å²) >= 11 is -2.82. The Morgan fingerprint density at radius 3 is 1.56 bits per heavy atom. The number of guanidine groups is 1. The van der Waals surface area contributed by atoms with Crippen molar-refractivity contribution in [3.63, 3.8) is 0 Å². The van der Waals surface area contributed by atoms with E-state index in [1.807, 2.05) is 6.07 Å². The van der Waals surface area contributed by atoms with Gasteiger partial charge in [-0.1, -0.05) is 37.1 Å². The summed E-state index contributed by atoms with van der Waals surface area (Å²) in [5, 5.41) is 5.46. The number of aliphatic imine (C=N–C) groups is 1. The van der Waals surface area contributed by atoms with Gasteiger partial charge in [0.1, 0.15) is 0 Å². The van der Waals surface area contributed by atoms with Gasteiger partial charge in [-0.25, -0.2) is 4.21 Å². The number of halogens is 2. The Hall–Kier alpha value is -1.29. The van der Waals surface area contributed by atoms with Crippen LogP contribution in [0.2, 0.25) is 9.88 Å². The number of benzene rings is 2. The molecule has 2 aromatic carbocycles. The van der Waals surface area contributed by atoms with Crippen LogP contribution in [-0.2, 0) is 24.2 Å². The molecule has 2 aromatic rings. The first-order chi connectivity index (χ1) is 13.7. The van der Waals surface area contributed by atoms with Crippen molar-refractivity contribution in [1.82, 2.24) is 0 Å². The van der Waals surface area contributed by atoms with Gasteiger partial charge in [-0.3, -0.25) is 19.4 Å². The van der Waals surface area contributed by atoms with Crippen molar-refractivity contribution in [3.05, 3.63) is 59.7 Å². The van der Waals surface area contributed by atoms with E-state index in [1.54, 1.807) is 0 Å². The predicted octanol–water partition coefficient (Wildman–Crippen LogP) is 2.95. The molecule has 13 heteroatoms. The monoisotopic (exact) mass is 752 g/mol. The summed E-state index contributed by atoms with van der Waals surface area (Å²) in [7, 11) is 0. The third kappa shape index (κ3) is 28.9. The summed E-state index contributed by atoms with van der Waals surface area (Å²) in [5.41, 5.74) is 22.9. The molecule has 1 unspecified atom stereocenters. The molecule has 212 valence electrons. The van der Waals surface area contributed by atoms with Gasteiger partial charge < -0.3 is 5.73 Å². The van der Waals surface area contributed by atoms with Crippen LogP contribution in [0, 0.1) is 5.41 Å². The molecule has 2 rings (SSSR count). The second-order valence-corrected chi connectivity index (χ2v) is 12.5. The Kier molecular flexibility index (Phi) is 51.8. The number of rotatable bonds is 5. The van der Waals surface area contributed by atoms with Gasteiger partial charge in [-0.15, -0.1) is 0 Å². The van der Waals surface area contributed by atoms with Gasteiger partial charge >= 0.3 is 160 Å². The standard InChI is InChI=1S/C8H10N3.C7H8N.CH4N2O2S.5CH4.2CH3.2FH.2Sn/c9-8(10)11-6-7-4-2-1-3-5-7;8-6-7-4-2-1-3-5-7;2-1(3)6(4)5;;;;;;;;;;;/h1-2,4-5H,6H2,(H4,9,10,11);1-2,4-5H,6,8H2;(H3,2,3)(H,4,5);5*1H4;2*1H3;2*1H;;. The summed E-state index contributed by atoms with van der Waals surface area (Å²) in [4.78, 5) is 8.57. The SMILES string of the molecule is C.C.C.C.C.F.F.N=C(N)S(=O)O.[CH3][Sn][c]1cccc(CN)c1.[CH3][Sn][c]1cccc(CN=C(N)N)c1. The first-order valence-corrected chi connectivity index (χ1v) is 18.1. The van der Waals surface area contributed by atoms with E-state index in [0.717, 1.165) is 0 Å². The van der Waals surface area contributed by atoms with Gasteiger partial charge in [0.15, 0.2) is 0 Å². The normalized spacial score (nSPS) is 8.44. The molecule has 0 bridgehead atoms. The molecule has 0 spiro atoms. The van der Waals surface area contributed by atoms with Gasteiger partial charge in [0, 0.05) is 0 Å². The third-order valence-corrected chi connectivity index (χ3v) is 8.75. The maximum absolute atomic E-state index is 9.46. The molecule has 4 radical (unpaired) electrons. The number of hydrogen-bond donors (Lipinski definition) is 6. The molecule has 0 aromatic heterocycles. The second-order valence-electron chi connectivity index (χ2n) is 5.46. The van der Waals surface area contributed by atoms with E-state index in [-0.39, 0.29) is 94.8 Å². The van der Waals surface area contributed by atoms with Crippen LogP contribution in [0.5, 0.6) is 0 Å². The van der Waals surface area contributed by atoms with E-state index >= 15 is 0 Å². The maximum atomic E-state index is 9.46. The van der Waals surface area contributed by atoms with Crippen LogP contribution < -0.4 is 30.1 Å². The van der Waals surface area contributed by atoms with Gasteiger partial charge in [0.2, 0.25) is 16.2 Å². The van der Waals surface area contributed by atoms with Crippen LogP contribution in [0.1, 0.15) is 48.3 Å². The summed E-state index contributed by atoms with van der Waals surface area (Å²) in [6, 6.07) is 17.1. The summed E-state index contributed by atoms with van der Waals surface area (Å²) in [6.45, 7) is 1.27. The fourth-order valence-electron chi connectivity index (χ4n) is 1.86. The molecule has 0 aliphatic heterocycles. The van der Waals surface area contributed by atoms with Crippen molar-refractivity contribution in [3.8, 4) is 0 Å². The van der Waals surface area contributed by atoms with Crippen molar-refractivity contribution in [1.29, 1.82) is 5.41 Å². The second kappa shape index (κ2) is 33.7. The molecule has 0 aliphatic carbocycles. The molecule has 36 heavy (non-hydrogen) atoms. The van der Waals surface area contributed by atoms with Gasteiger partial charge in [0.05, 0.1) is 0 Å². The molecule has 0 amide bonds. The summed E-state index contributed by atoms with van der Waals surface area (Å²) in [6.07, 6.45) is 0. The van der Waals surface area contributed by atoms with Crippen LogP contribution in [-0.4, -0.2) is 62.2 Å². The molecular weight excluding hydrogens is 700 g/mol. The molecule has 10 N–H and O–H groups in total. The zero-order valence-corrected chi connectivity index (χ0v) is 23.9. The van der Waals surface area contributed by atoms with Crippen molar-refractivity contribution in [2.45, 2.75) is 60.1 Å². The van der Waals surface area contributed by atoms with Crippen LogP contribution in [0.25, 0.3) is 0 Å². The number of nitrogens with zero attached hydrogens (tertiary/aromatic N) is 1. The van der Waals surface area contributed by atoms with E-state index in [1.165, 1.54) is 18.3 Å². The van der Waals surface area contributed by atoms with Crippen molar-refractivity contribution in [2.75, 3.05) is 0 Å². The number of nitrogens with one attached hydrogen (secondary N) is 1. The Labute approximate surface area is 241 Å². The molecule has 1 atom stereocenters. The molecule has 0 heterocycles. The fourth-order valence-corrected chi connectivity index (χ4v) is 5.24. The Morgan fingerprint density at radius 2 is 1.25 bits per heavy atom. The zero-order valence-electron chi connectivity index (χ0n) is 17.4. The van der Waals surface area contributed by atoms with Crippen molar-refractivity contribution >= 4 is 71.7 Å². The Morgan fingerprint density at radius 1 is 0.889 bits per heavy atom. The minimum atomic E-state index is -2.26. The van der Waals surface area contributed by atoms with Gasteiger partial charge in [-0.2, -0.15) is 0 Å². The molecule has 0 aliphatic rings. The predicted molar refractivity (Wildman–Crippen MR) is 164 cm³/mol. The Balaban J connectivity index is -0.0000000521. The Bertz CT molecular complexity index is 799. The van der Waals surface area contributed by atoms with E-state index in [9.17, 15) is 4.21 Å². The number of hydrogen-bond acceptors (Lipinski definition) is 4. The fraction of sp³-hybridized carbons (Fsp3) is 0.391. The van der Waals surface area contributed by atoms with Crippen molar-refractivity contribution in [2.24, 2.45) is 27.9 Å². The van der Waals surface area contributed by atoms with Gasteiger partial charge in [0.25, 0.3) is 0 Å². The first-order valence-electron chi connectivity index (χ1n) is 8.47. The van der Waals surface area contributed by atoms with Crippen LogP contribution in [0.4, 0.5) is 9.41 Å². The van der Waals surface area contributed by atoms with E-state index in [4.69, 9.17) is 27.2 Å². The first kappa shape index (κ1) is 55.3.